The Morgan fingerprint density at radius 1 is 1.32 bits per heavy atom. The second kappa shape index (κ2) is 9.52. The summed E-state index contributed by atoms with van der Waals surface area (Å²) in [7, 11) is 1.57. The van der Waals surface area contributed by atoms with Gasteiger partial charge in [-0.05, 0) is 24.3 Å². The van der Waals surface area contributed by atoms with E-state index in [4.69, 9.17) is 14.6 Å². The summed E-state index contributed by atoms with van der Waals surface area (Å²) >= 11 is 0. The molecule has 2 heterocycles. The van der Waals surface area contributed by atoms with Crippen LogP contribution in [0.3, 0.4) is 0 Å². The maximum atomic E-state index is 11.9. The first kappa shape index (κ1) is 20.1. The number of aromatic nitrogens is 1. The van der Waals surface area contributed by atoms with Gasteiger partial charge in [-0.2, -0.15) is 0 Å². The van der Waals surface area contributed by atoms with Crippen LogP contribution < -0.4 is 15.0 Å². The van der Waals surface area contributed by atoms with Crippen molar-refractivity contribution in [2.24, 2.45) is 0 Å². The van der Waals surface area contributed by atoms with Crippen molar-refractivity contribution in [3.05, 3.63) is 42.1 Å². The molecule has 0 spiro atoms. The Morgan fingerprint density at radius 2 is 2.07 bits per heavy atom. The summed E-state index contributed by atoms with van der Waals surface area (Å²) in [5, 5.41) is 12.2. The first-order valence-electron chi connectivity index (χ1n) is 9.52. The summed E-state index contributed by atoms with van der Waals surface area (Å²) in [6.07, 6.45) is 2.72. The summed E-state index contributed by atoms with van der Waals surface area (Å²) in [6, 6.07) is 9.94. The summed E-state index contributed by atoms with van der Waals surface area (Å²) in [5.41, 5.74) is 3.73. The van der Waals surface area contributed by atoms with Crippen LogP contribution in [0.25, 0.3) is 0 Å². The zero-order valence-electron chi connectivity index (χ0n) is 16.4. The molecule has 0 aliphatic carbocycles. The lowest BCUT2D eigenvalue weighted by Gasteiger charge is -2.40. The lowest BCUT2D eigenvalue weighted by atomic mass is 10.1. The lowest BCUT2D eigenvalue weighted by Crippen LogP contribution is -2.52. The average Bonchev–Trinajstić information content (AvgIpc) is 2.69. The van der Waals surface area contributed by atoms with Gasteiger partial charge in [-0.15, -0.1) is 0 Å². The molecule has 1 saturated heterocycles. The van der Waals surface area contributed by atoms with Crippen molar-refractivity contribution < 1.29 is 19.4 Å². The van der Waals surface area contributed by atoms with E-state index >= 15 is 0 Å². The number of ether oxygens (including phenoxy) is 2. The minimum atomic E-state index is 0.0580. The molecule has 0 bridgehead atoms. The number of anilines is 3. The summed E-state index contributed by atoms with van der Waals surface area (Å²) in [4.78, 5) is 18.3. The van der Waals surface area contributed by atoms with Crippen molar-refractivity contribution in [3.8, 4) is 5.88 Å². The second-order valence-electron chi connectivity index (χ2n) is 6.75. The number of ketones is 1. The molecule has 1 aromatic carbocycles. The molecule has 28 heavy (non-hydrogen) atoms. The molecule has 2 aromatic rings. The maximum Gasteiger partial charge on any atom is 0.215 e. The summed E-state index contributed by atoms with van der Waals surface area (Å²) < 4.78 is 10.7. The molecule has 150 valence electrons. The normalized spacial score (nSPS) is 13.9. The Labute approximate surface area is 165 Å². The fourth-order valence-corrected chi connectivity index (χ4v) is 3.06. The number of rotatable bonds is 10. The highest BCUT2D eigenvalue weighted by molar-refractivity contribution is 5.83. The first-order valence-corrected chi connectivity index (χ1v) is 9.52. The molecule has 1 fully saturated rings. The monoisotopic (exact) mass is 385 g/mol. The molecule has 0 atom stereocenters. The molecule has 2 N–H and O–H groups in total. The molecule has 0 radical (unpaired) electrons. The number of nitrogens with one attached hydrogen (secondary N) is 1. The van der Waals surface area contributed by atoms with Gasteiger partial charge < -0.3 is 24.8 Å². The van der Waals surface area contributed by atoms with Gasteiger partial charge in [-0.25, -0.2) is 4.98 Å². The fourth-order valence-electron chi connectivity index (χ4n) is 3.06. The quantitative estimate of drug-likeness (QED) is 0.650. The third-order valence-corrected chi connectivity index (χ3v) is 4.76. The van der Waals surface area contributed by atoms with Crippen LogP contribution in [0, 0.1) is 0 Å². The van der Waals surface area contributed by atoms with Gasteiger partial charge in [0.25, 0.3) is 0 Å². The van der Waals surface area contributed by atoms with Gasteiger partial charge in [0.2, 0.25) is 5.88 Å². The van der Waals surface area contributed by atoms with Crippen LogP contribution in [0.1, 0.15) is 18.9 Å². The molecule has 1 aliphatic heterocycles. The van der Waals surface area contributed by atoms with Crippen LogP contribution in [0.5, 0.6) is 5.88 Å². The number of hydrogen-bond donors (Lipinski definition) is 2. The largest absolute Gasteiger partial charge is 0.481 e. The van der Waals surface area contributed by atoms with Crippen molar-refractivity contribution >= 4 is 22.8 Å². The molecule has 7 nitrogen and oxygen atoms in total. The number of pyridine rings is 1. The number of carbonyl (C=O) groups excluding carboxylic acids is 1. The number of hydrogen-bond acceptors (Lipinski definition) is 7. The van der Waals surface area contributed by atoms with Gasteiger partial charge in [0.05, 0.1) is 26.4 Å². The second-order valence-corrected chi connectivity index (χ2v) is 6.75. The Morgan fingerprint density at radius 3 is 2.71 bits per heavy atom. The molecule has 0 saturated carbocycles. The van der Waals surface area contributed by atoms with Gasteiger partial charge in [0.1, 0.15) is 5.78 Å². The molecule has 1 aromatic heterocycles. The lowest BCUT2D eigenvalue weighted by molar-refractivity contribution is -0.118. The van der Waals surface area contributed by atoms with Crippen LogP contribution in [-0.2, 0) is 16.0 Å². The predicted molar refractivity (Wildman–Crippen MR) is 109 cm³/mol. The van der Waals surface area contributed by atoms with E-state index < -0.39 is 0 Å². The molecular formula is C21H27N3O4. The van der Waals surface area contributed by atoms with Crippen LogP contribution in [0.15, 0.2) is 36.5 Å². The third kappa shape index (κ3) is 4.99. The highest BCUT2D eigenvalue weighted by Gasteiger charge is 2.27. The van der Waals surface area contributed by atoms with Crippen molar-refractivity contribution in [2.75, 3.05) is 43.6 Å². The molecule has 7 heteroatoms. The SMILES string of the molecule is CCC(=O)Cc1cnc(OC)cc1Nc1ccc(N2CC(OCCO)C2)cc1. The molecule has 3 rings (SSSR count). The van der Waals surface area contributed by atoms with E-state index in [2.05, 4.69) is 27.3 Å². The molecular weight excluding hydrogens is 358 g/mol. The standard InChI is InChI=1S/C21H27N3O4/c1-3-18(26)10-15-12-22-21(27-2)11-20(15)23-16-4-6-17(7-5-16)24-13-19(14-24)28-9-8-25/h4-7,11-12,19,25H,3,8-10,13-14H2,1-2H3,(H,22,23). The first-order chi connectivity index (χ1) is 13.6. The Bertz CT molecular complexity index is 789. The van der Waals surface area contributed by atoms with Gasteiger partial charge in [0, 0.05) is 60.8 Å². The van der Waals surface area contributed by atoms with Crippen LogP contribution in [-0.4, -0.2) is 55.4 Å². The zero-order chi connectivity index (χ0) is 19.9. The number of Topliss-reactive ketones (excluding diaryl/α,β-unsaturated/α-hetero) is 1. The van der Waals surface area contributed by atoms with Crippen molar-refractivity contribution in [1.29, 1.82) is 0 Å². The van der Waals surface area contributed by atoms with Gasteiger partial charge >= 0.3 is 0 Å². The number of benzene rings is 1. The van der Waals surface area contributed by atoms with Gasteiger partial charge in [-0.3, -0.25) is 4.79 Å². The third-order valence-electron chi connectivity index (χ3n) is 4.76. The van der Waals surface area contributed by atoms with Crippen molar-refractivity contribution in [2.45, 2.75) is 25.9 Å². The predicted octanol–water partition coefficient (Wildman–Crippen LogP) is 2.55. The van der Waals surface area contributed by atoms with E-state index in [1.54, 1.807) is 13.3 Å². The van der Waals surface area contributed by atoms with E-state index in [1.807, 2.05) is 25.1 Å². The number of aliphatic hydroxyl groups excluding tert-OH is 1. The minimum absolute atomic E-state index is 0.0580. The highest BCUT2D eigenvalue weighted by atomic mass is 16.5. The number of methoxy groups -OCH3 is 1. The molecule has 0 unspecified atom stereocenters. The smallest absolute Gasteiger partial charge is 0.215 e. The highest BCUT2D eigenvalue weighted by Crippen LogP contribution is 2.28. The van der Waals surface area contributed by atoms with Crippen molar-refractivity contribution in [1.82, 2.24) is 4.98 Å². The fraction of sp³-hybridized carbons (Fsp3) is 0.429. The van der Waals surface area contributed by atoms with E-state index in [0.717, 1.165) is 35.7 Å². The maximum absolute atomic E-state index is 11.9. The number of aliphatic hydroxyl groups is 1. The van der Waals surface area contributed by atoms with E-state index in [0.29, 0.717) is 25.3 Å². The van der Waals surface area contributed by atoms with Crippen LogP contribution >= 0.6 is 0 Å². The van der Waals surface area contributed by atoms with Gasteiger partial charge in [-0.1, -0.05) is 6.92 Å². The van der Waals surface area contributed by atoms with E-state index in [9.17, 15) is 4.79 Å². The minimum Gasteiger partial charge on any atom is -0.481 e. The topological polar surface area (TPSA) is 83.9 Å². The molecule has 0 amide bonds. The van der Waals surface area contributed by atoms with E-state index in [1.165, 1.54) is 0 Å². The number of nitrogens with zero attached hydrogens (tertiary/aromatic N) is 2. The Kier molecular flexibility index (Phi) is 6.84. The number of carbonyl (C=O) groups is 1. The zero-order valence-corrected chi connectivity index (χ0v) is 16.4. The van der Waals surface area contributed by atoms with Gasteiger partial charge in [0.15, 0.2) is 0 Å². The van der Waals surface area contributed by atoms with Crippen LogP contribution in [0.2, 0.25) is 0 Å². The average molecular weight is 385 g/mol. The Balaban J connectivity index is 1.66. The molecule has 1 aliphatic rings. The van der Waals surface area contributed by atoms with Crippen molar-refractivity contribution in [3.63, 3.8) is 0 Å². The Hall–Kier alpha value is -2.64. The summed E-state index contributed by atoms with van der Waals surface area (Å²) in [6.45, 7) is 3.97. The summed E-state index contributed by atoms with van der Waals surface area (Å²) in [5.74, 6) is 0.669. The van der Waals surface area contributed by atoms with Crippen LogP contribution in [0.4, 0.5) is 17.1 Å². The van der Waals surface area contributed by atoms with E-state index in [-0.39, 0.29) is 18.5 Å².